The topological polar surface area (TPSA) is 41.1 Å². The molecule has 86 valence electrons. The van der Waals surface area contributed by atoms with Gasteiger partial charge in [-0.25, -0.2) is 0 Å². The van der Waals surface area contributed by atoms with Crippen LogP contribution in [0.5, 0.6) is 0 Å². The number of rotatable bonds is 1. The molecule has 0 unspecified atom stereocenters. The third-order valence-corrected chi connectivity index (χ3v) is 3.85. The van der Waals surface area contributed by atoms with Gasteiger partial charge in [0.05, 0.1) is 11.3 Å². The van der Waals surface area contributed by atoms with Crippen molar-refractivity contribution >= 4 is 22.9 Å². The van der Waals surface area contributed by atoms with Gasteiger partial charge in [0, 0.05) is 4.88 Å². The first kappa shape index (κ1) is 10.4. The number of amides is 1. The number of aryl methyl sites for hydroxylation is 1. The Labute approximate surface area is 103 Å². The summed E-state index contributed by atoms with van der Waals surface area (Å²) in [6, 6.07) is 9.76. The van der Waals surface area contributed by atoms with Crippen LogP contribution in [0.3, 0.4) is 0 Å². The van der Waals surface area contributed by atoms with Gasteiger partial charge in [-0.1, -0.05) is 18.2 Å². The molecule has 0 spiro atoms. The van der Waals surface area contributed by atoms with Crippen LogP contribution in [0.25, 0.3) is 0 Å². The van der Waals surface area contributed by atoms with Crippen LogP contribution in [0.15, 0.2) is 35.7 Å². The first-order valence-electron chi connectivity index (χ1n) is 5.46. The predicted octanol–water partition coefficient (Wildman–Crippen LogP) is 2.91. The maximum atomic E-state index is 12.0. The number of thiophene rings is 1. The third-order valence-electron chi connectivity index (χ3n) is 2.91. The zero-order valence-corrected chi connectivity index (χ0v) is 10.2. The van der Waals surface area contributed by atoms with Gasteiger partial charge in [-0.2, -0.15) is 0 Å². The van der Waals surface area contributed by atoms with Crippen LogP contribution in [-0.2, 0) is 0 Å². The van der Waals surface area contributed by atoms with Gasteiger partial charge in [-0.15, -0.1) is 11.3 Å². The molecule has 0 saturated carbocycles. The van der Waals surface area contributed by atoms with Gasteiger partial charge in [0.25, 0.3) is 5.91 Å². The Hall–Kier alpha value is -1.81. The van der Waals surface area contributed by atoms with Crippen molar-refractivity contribution < 1.29 is 4.79 Å². The lowest BCUT2D eigenvalue weighted by Gasteiger charge is -2.28. The van der Waals surface area contributed by atoms with Crippen molar-refractivity contribution in [2.45, 2.75) is 13.1 Å². The van der Waals surface area contributed by atoms with Gasteiger partial charge in [-0.05, 0) is 30.0 Å². The minimum atomic E-state index is -0.115. The van der Waals surface area contributed by atoms with E-state index < -0.39 is 0 Å². The van der Waals surface area contributed by atoms with E-state index in [9.17, 15) is 4.79 Å². The standard InChI is InChI=1S/C13H12N2OS/c1-8-4-2-5-9-11(8)14-12(15-13(9)16)10-6-3-7-17-10/h2-7,12,14H,1H3,(H,15,16)/t12-/m0/s1. The molecule has 0 fully saturated rings. The van der Waals surface area contributed by atoms with Crippen LogP contribution in [0.1, 0.15) is 27.0 Å². The number of anilines is 1. The van der Waals surface area contributed by atoms with Crippen LogP contribution in [0, 0.1) is 6.92 Å². The molecule has 1 atom stereocenters. The summed E-state index contributed by atoms with van der Waals surface area (Å²) < 4.78 is 0. The summed E-state index contributed by atoms with van der Waals surface area (Å²) in [6.45, 7) is 2.01. The van der Waals surface area contributed by atoms with E-state index in [1.165, 1.54) is 0 Å². The Kier molecular flexibility index (Phi) is 2.37. The summed E-state index contributed by atoms with van der Waals surface area (Å²) in [4.78, 5) is 13.1. The summed E-state index contributed by atoms with van der Waals surface area (Å²) in [5.74, 6) is -0.0131. The molecule has 4 heteroatoms. The van der Waals surface area contributed by atoms with Gasteiger partial charge in [0.1, 0.15) is 6.17 Å². The van der Waals surface area contributed by atoms with Gasteiger partial charge in [0.15, 0.2) is 0 Å². The number of benzene rings is 1. The molecular formula is C13H12N2OS. The van der Waals surface area contributed by atoms with Crippen LogP contribution in [0.4, 0.5) is 5.69 Å². The number of hydrogen-bond donors (Lipinski definition) is 2. The van der Waals surface area contributed by atoms with E-state index in [1.807, 2.05) is 42.6 Å². The molecule has 1 aromatic heterocycles. The second-order valence-corrected chi connectivity index (χ2v) is 5.04. The van der Waals surface area contributed by atoms with E-state index in [1.54, 1.807) is 11.3 Å². The summed E-state index contributed by atoms with van der Waals surface area (Å²) in [5, 5.41) is 8.35. The highest BCUT2D eigenvalue weighted by Crippen LogP contribution is 2.30. The summed E-state index contributed by atoms with van der Waals surface area (Å²) in [5.41, 5.74) is 2.76. The largest absolute Gasteiger partial charge is 0.360 e. The van der Waals surface area contributed by atoms with E-state index in [0.29, 0.717) is 0 Å². The molecule has 0 bridgehead atoms. The van der Waals surface area contributed by atoms with E-state index in [-0.39, 0.29) is 12.1 Å². The lowest BCUT2D eigenvalue weighted by Crippen LogP contribution is -2.38. The monoisotopic (exact) mass is 244 g/mol. The number of para-hydroxylation sites is 1. The van der Waals surface area contributed by atoms with Crippen molar-refractivity contribution in [1.29, 1.82) is 0 Å². The molecule has 3 rings (SSSR count). The Bertz CT molecular complexity index is 563. The number of carbonyl (C=O) groups excluding carboxylic acids is 1. The highest BCUT2D eigenvalue weighted by Gasteiger charge is 2.25. The molecule has 0 saturated heterocycles. The van der Waals surface area contributed by atoms with Crippen molar-refractivity contribution in [2.75, 3.05) is 5.32 Å². The molecule has 1 aliphatic rings. The smallest absolute Gasteiger partial charge is 0.255 e. The molecule has 1 aliphatic heterocycles. The molecule has 3 nitrogen and oxygen atoms in total. The number of nitrogens with one attached hydrogen (secondary N) is 2. The van der Waals surface area contributed by atoms with E-state index in [2.05, 4.69) is 10.6 Å². The lowest BCUT2D eigenvalue weighted by atomic mass is 10.0. The second-order valence-electron chi connectivity index (χ2n) is 4.06. The molecule has 2 aromatic rings. The Morgan fingerprint density at radius 3 is 2.82 bits per heavy atom. The number of fused-ring (bicyclic) bond motifs is 1. The quantitative estimate of drug-likeness (QED) is 0.809. The Morgan fingerprint density at radius 2 is 2.06 bits per heavy atom. The third kappa shape index (κ3) is 1.70. The average molecular weight is 244 g/mol. The first-order valence-corrected chi connectivity index (χ1v) is 6.34. The minimum absolute atomic E-state index is 0.0131. The molecule has 17 heavy (non-hydrogen) atoms. The lowest BCUT2D eigenvalue weighted by molar-refractivity contribution is 0.0936. The predicted molar refractivity (Wildman–Crippen MR) is 69.3 cm³/mol. The van der Waals surface area contributed by atoms with Gasteiger partial charge < -0.3 is 10.6 Å². The fourth-order valence-corrected chi connectivity index (χ4v) is 2.76. The molecule has 1 aromatic carbocycles. The fraction of sp³-hybridized carbons (Fsp3) is 0.154. The molecule has 1 amide bonds. The van der Waals surface area contributed by atoms with E-state index in [0.717, 1.165) is 21.7 Å². The van der Waals surface area contributed by atoms with Crippen molar-refractivity contribution in [3.63, 3.8) is 0 Å². The van der Waals surface area contributed by atoms with Crippen LogP contribution in [-0.4, -0.2) is 5.91 Å². The average Bonchev–Trinajstić information content (AvgIpc) is 2.84. The van der Waals surface area contributed by atoms with Gasteiger partial charge >= 0.3 is 0 Å². The maximum absolute atomic E-state index is 12.0. The minimum Gasteiger partial charge on any atom is -0.360 e. The summed E-state index contributed by atoms with van der Waals surface area (Å²) >= 11 is 1.63. The zero-order valence-electron chi connectivity index (χ0n) is 9.36. The molecule has 2 heterocycles. The molecule has 2 N–H and O–H groups in total. The van der Waals surface area contributed by atoms with Crippen LogP contribution in [0.2, 0.25) is 0 Å². The Morgan fingerprint density at radius 1 is 1.18 bits per heavy atom. The van der Waals surface area contributed by atoms with E-state index >= 15 is 0 Å². The highest BCUT2D eigenvalue weighted by atomic mass is 32.1. The zero-order chi connectivity index (χ0) is 11.8. The highest BCUT2D eigenvalue weighted by molar-refractivity contribution is 7.10. The molecule has 0 aliphatic carbocycles. The first-order chi connectivity index (χ1) is 8.25. The second kappa shape index (κ2) is 3.89. The fourth-order valence-electron chi connectivity index (χ4n) is 2.04. The SMILES string of the molecule is Cc1cccc2c1N[C@H](c1cccs1)NC2=O. The van der Waals surface area contributed by atoms with Crippen molar-refractivity contribution in [1.82, 2.24) is 5.32 Å². The van der Waals surface area contributed by atoms with Crippen molar-refractivity contribution in [3.05, 3.63) is 51.7 Å². The normalized spacial score (nSPS) is 18.2. The summed E-state index contributed by atoms with van der Waals surface area (Å²) in [6.07, 6.45) is -0.115. The van der Waals surface area contributed by atoms with Gasteiger partial charge in [-0.3, -0.25) is 4.79 Å². The summed E-state index contributed by atoms with van der Waals surface area (Å²) in [7, 11) is 0. The van der Waals surface area contributed by atoms with Gasteiger partial charge in [0.2, 0.25) is 0 Å². The number of carbonyl (C=O) groups is 1. The molecule has 0 radical (unpaired) electrons. The van der Waals surface area contributed by atoms with Crippen LogP contribution >= 0.6 is 11.3 Å². The van der Waals surface area contributed by atoms with Crippen LogP contribution < -0.4 is 10.6 Å². The molecular weight excluding hydrogens is 232 g/mol. The van der Waals surface area contributed by atoms with Crippen molar-refractivity contribution in [2.24, 2.45) is 0 Å². The van der Waals surface area contributed by atoms with Crippen molar-refractivity contribution in [3.8, 4) is 0 Å². The maximum Gasteiger partial charge on any atom is 0.255 e. The number of hydrogen-bond acceptors (Lipinski definition) is 3. The Balaban J connectivity index is 2.03. The van der Waals surface area contributed by atoms with E-state index in [4.69, 9.17) is 0 Å².